The second-order valence-corrected chi connectivity index (χ2v) is 11.1. The average molecular weight is 548 g/mol. The lowest BCUT2D eigenvalue weighted by Gasteiger charge is -2.17. The minimum absolute atomic E-state index is 0.889. The molecule has 0 saturated carbocycles. The van der Waals surface area contributed by atoms with Gasteiger partial charge in [-0.05, 0) is 79.3 Å². The molecule has 7 aromatic carbocycles. The monoisotopic (exact) mass is 547 g/mol. The summed E-state index contributed by atoms with van der Waals surface area (Å²) in [5.74, 6) is 0. The Morgan fingerprint density at radius 3 is 1.63 bits per heavy atom. The van der Waals surface area contributed by atoms with Crippen LogP contribution in [0.2, 0.25) is 0 Å². The maximum atomic E-state index is 6.34. The zero-order chi connectivity index (χ0) is 28.3. The summed E-state index contributed by atoms with van der Waals surface area (Å²) in [6.45, 7) is 0. The van der Waals surface area contributed by atoms with E-state index in [1.165, 1.54) is 43.4 Å². The molecule has 0 bridgehead atoms. The summed E-state index contributed by atoms with van der Waals surface area (Å²) < 4.78 is 6.34. The molecule has 9 aromatic rings. The fraction of sp³-hybridized carbons (Fsp3) is 0. The van der Waals surface area contributed by atoms with Gasteiger partial charge in [-0.3, -0.25) is 4.98 Å². The van der Waals surface area contributed by atoms with Gasteiger partial charge < -0.3 is 4.42 Å². The summed E-state index contributed by atoms with van der Waals surface area (Å²) in [4.78, 5) is 5.06. The number of furan rings is 1. The first kappa shape index (κ1) is 23.9. The van der Waals surface area contributed by atoms with Crippen LogP contribution in [0.25, 0.3) is 87.8 Å². The first-order chi connectivity index (χ1) is 21.3. The molecule has 0 aliphatic rings. The Labute approximate surface area is 248 Å². The van der Waals surface area contributed by atoms with E-state index in [-0.39, 0.29) is 0 Å². The highest BCUT2D eigenvalue weighted by Gasteiger charge is 2.17. The lowest BCUT2D eigenvalue weighted by atomic mass is 9.87. The fourth-order valence-corrected chi connectivity index (χ4v) is 6.67. The number of nitrogens with zero attached hydrogens (tertiary/aromatic N) is 1. The highest BCUT2D eigenvalue weighted by Crippen LogP contribution is 2.43. The molecule has 0 amide bonds. The molecular weight excluding hydrogens is 522 g/mol. The largest absolute Gasteiger partial charge is 0.456 e. The van der Waals surface area contributed by atoms with Crippen LogP contribution in [-0.2, 0) is 0 Å². The third-order valence-electron chi connectivity index (χ3n) is 8.69. The number of pyridine rings is 1. The van der Waals surface area contributed by atoms with Gasteiger partial charge in [0.05, 0.1) is 5.69 Å². The zero-order valence-corrected chi connectivity index (χ0v) is 23.3. The maximum Gasteiger partial charge on any atom is 0.136 e. The van der Waals surface area contributed by atoms with Crippen molar-refractivity contribution in [2.45, 2.75) is 0 Å². The summed E-state index contributed by atoms with van der Waals surface area (Å²) in [6, 6.07) is 51.7. The van der Waals surface area contributed by atoms with E-state index in [4.69, 9.17) is 9.40 Å². The van der Waals surface area contributed by atoms with E-state index in [1.54, 1.807) is 0 Å². The minimum Gasteiger partial charge on any atom is -0.456 e. The molecule has 9 rings (SSSR count). The Hall–Kier alpha value is -5.73. The fourth-order valence-electron chi connectivity index (χ4n) is 6.67. The quantitative estimate of drug-likeness (QED) is 0.206. The van der Waals surface area contributed by atoms with Crippen molar-refractivity contribution in [3.63, 3.8) is 0 Å². The van der Waals surface area contributed by atoms with E-state index in [0.29, 0.717) is 0 Å². The lowest BCUT2D eigenvalue weighted by molar-refractivity contribution is 0.669. The van der Waals surface area contributed by atoms with Crippen LogP contribution in [0.5, 0.6) is 0 Å². The Balaban J connectivity index is 1.18. The molecular formula is C41H25NO. The van der Waals surface area contributed by atoms with Crippen LogP contribution in [0, 0.1) is 0 Å². The van der Waals surface area contributed by atoms with Gasteiger partial charge in [0.15, 0.2) is 0 Å². The molecule has 2 heterocycles. The molecule has 43 heavy (non-hydrogen) atoms. The first-order valence-electron chi connectivity index (χ1n) is 14.6. The summed E-state index contributed by atoms with van der Waals surface area (Å²) in [5, 5.41) is 9.56. The van der Waals surface area contributed by atoms with Crippen LogP contribution < -0.4 is 0 Å². The molecule has 2 nitrogen and oxygen atoms in total. The van der Waals surface area contributed by atoms with Crippen LogP contribution in [-0.4, -0.2) is 4.98 Å². The Morgan fingerprint density at radius 1 is 0.372 bits per heavy atom. The van der Waals surface area contributed by atoms with E-state index in [0.717, 1.165) is 44.3 Å². The van der Waals surface area contributed by atoms with Crippen molar-refractivity contribution in [2.75, 3.05) is 0 Å². The van der Waals surface area contributed by atoms with Gasteiger partial charge in [0.25, 0.3) is 0 Å². The van der Waals surface area contributed by atoms with E-state index in [1.807, 2.05) is 6.20 Å². The standard InChI is InChI=1S/C41H25NO/c1-2-10-26(11-3-1)40-32-14-6-8-16-34(32)41(35-17-9-7-15-33(35)40)37-21-19-30(25-42-37)29-18-20-31-36-22-27-12-4-5-13-28(27)23-39(36)43-38(31)24-29/h1-25H. The molecule has 0 atom stereocenters. The predicted octanol–water partition coefficient (Wildman–Crippen LogP) is 11.4. The third kappa shape index (κ3) is 3.77. The summed E-state index contributed by atoms with van der Waals surface area (Å²) >= 11 is 0. The summed E-state index contributed by atoms with van der Waals surface area (Å²) in [5.41, 5.74) is 8.56. The van der Waals surface area contributed by atoms with Crippen molar-refractivity contribution in [3.8, 4) is 33.5 Å². The Morgan fingerprint density at radius 2 is 0.953 bits per heavy atom. The number of rotatable bonds is 3. The second kappa shape index (κ2) is 9.40. The van der Waals surface area contributed by atoms with Crippen molar-refractivity contribution in [1.29, 1.82) is 0 Å². The van der Waals surface area contributed by atoms with Crippen LogP contribution in [0.3, 0.4) is 0 Å². The number of aromatic nitrogens is 1. The molecule has 0 fully saturated rings. The van der Waals surface area contributed by atoms with Gasteiger partial charge in [0.1, 0.15) is 11.2 Å². The molecule has 0 saturated heterocycles. The van der Waals surface area contributed by atoms with Crippen LogP contribution in [0.15, 0.2) is 156 Å². The van der Waals surface area contributed by atoms with Gasteiger partial charge in [0.2, 0.25) is 0 Å². The molecule has 2 aromatic heterocycles. The SMILES string of the molecule is c1ccc(-c2c3ccccc3c(-c3ccc(-c4ccc5c(c4)oc4cc6ccccc6cc45)cn3)c3ccccc23)cc1. The molecule has 200 valence electrons. The summed E-state index contributed by atoms with van der Waals surface area (Å²) in [6.07, 6.45) is 1.99. The van der Waals surface area contributed by atoms with Gasteiger partial charge in [-0.25, -0.2) is 0 Å². The number of fused-ring (bicyclic) bond motifs is 6. The molecule has 0 N–H and O–H groups in total. The smallest absolute Gasteiger partial charge is 0.136 e. The van der Waals surface area contributed by atoms with Gasteiger partial charge in [-0.2, -0.15) is 0 Å². The van der Waals surface area contributed by atoms with Crippen molar-refractivity contribution in [3.05, 3.63) is 152 Å². The normalized spacial score (nSPS) is 11.7. The number of benzene rings is 7. The Bertz CT molecular complexity index is 2430. The zero-order valence-electron chi connectivity index (χ0n) is 23.3. The number of hydrogen-bond acceptors (Lipinski definition) is 2. The third-order valence-corrected chi connectivity index (χ3v) is 8.69. The average Bonchev–Trinajstić information content (AvgIpc) is 3.43. The van der Waals surface area contributed by atoms with E-state index in [2.05, 4.69) is 146 Å². The highest BCUT2D eigenvalue weighted by molar-refractivity contribution is 6.21. The maximum absolute atomic E-state index is 6.34. The van der Waals surface area contributed by atoms with Crippen molar-refractivity contribution >= 4 is 54.3 Å². The molecule has 0 spiro atoms. The van der Waals surface area contributed by atoms with Gasteiger partial charge in [-0.15, -0.1) is 0 Å². The lowest BCUT2D eigenvalue weighted by Crippen LogP contribution is -1.92. The molecule has 0 aliphatic carbocycles. The van der Waals surface area contributed by atoms with E-state index < -0.39 is 0 Å². The van der Waals surface area contributed by atoms with E-state index >= 15 is 0 Å². The molecule has 2 heteroatoms. The minimum atomic E-state index is 0.889. The molecule has 0 radical (unpaired) electrons. The highest BCUT2D eigenvalue weighted by atomic mass is 16.3. The second-order valence-electron chi connectivity index (χ2n) is 11.1. The van der Waals surface area contributed by atoms with Crippen LogP contribution in [0.1, 0.15) is 0 Å². The summed E-state index contributed by atoms with van der Waals surface area (Å²) in [7, 11) is 0. The molecule has 0 unspecified atom stereocenters. The number of hydrogen-bond donors (Lipinski definition) is 0. The topological polar surface area (TPSA) is 26.0 Å². The van der Waals surface area contributed by atoms with Gasteiger partial charge >= 0.3 is 0 Å². The van der Waals surface area contributed by atoms with Crippen molar-refractivity contribution < 1.29 is 4.42 Å². The first-order valence-corrected chi connectivity index (χ1v) is 14.6. The van der Waals surface area contributed by atoms with Crippen molar-refractivity contribution in [2.24, 2.45) is 0 Å². The van der Waals surface area contributed by atoms with Gasteiger partial charge in [0, 0.05) is 28.1 Å². The van der Waals surface area contributed by atoms with Crippen LogP contribution in [0.4, 0.5) is 0 Å². The molecule has 0 aliphatic heterocycles. The Kier molecular flexibility index (Phi) is 5.23. The predicted molar refractivity (Wildman–Crippen MR) is 180 cm³/mol. The van der Waals surface area contributed by atoms with Crippen molar-refractivity contribution in [1.82, 2.24) is 4.98 Å². The van der Waals surface area contributed by atoms with Gasteiger partial charge in [-0.1, -0.05) is 115 Å². The van der Waals surface area contributed by atoms with Crippen LogP contribution >= 0.6 is 0 Å². The van der Waals surface area contributed by atoms with E-state index in [9.17, 15) is 0 Å².